The summed E-state index contributed by atoms with van der Waals surface area (Å²) in [4.78, 5) is 4.00. The molecule has 0 spiro atoms. The summed E-state index contributed by atoms with van der Waals surface area (Å²) >= 11 is 0. The van der Waals surface area contributed by atoms with Crippen LogP contribution in [-0.4, -0.2) is 34.6 Å². The molecule has 0 bridgehead atoms. The van der Waals surface area contributed by atoms with E-state index in [1.807, 2.05) is 35.9 Å². The van der Waals surface area contributed by atoms with Gasteiger partial charge in [0.25, 0.3) is 0 Å². The zero-order valence-electron chi connectivity index (χ0n) is 13.8. The van der Waals surface area contributed by atoms with Gasteiger partial charge >= 0.3 is 0 Å². The van der Waals surface area contributed by atoms with Crippen molar-refractivity contribution < 1.29 is 0 Å². The second kappa shape index (κ2) is 6.68. The van der Waals surface area contributed by atoms with Gasteiger partial charge in [-0.3, -0.25) is 4.68 Å². The van der Waals surface area contributed by atoms with Gasteiger partial charge in [-0.1, -0.05) is 30.3 Å². The summed E-state index contributed by atoms with van der Waals surface area (Å²) in [6.07, 6.45) is 5.75. The number of benzene rings is 1. The Morgan fingerprint density at radius 1 is 1.16 bits per heavy atom. The zero-order valence-corrected chi connectivity index (χ0v) is 13.8. The molecule has 126 valence electrons. The molecule has 4 aromatic rings. The van der Waals surface area contributed by atoms with Gasteiger partial charge < -0.3 is 5.32 Å². The van der Waals surface area contributed by atoms with Gasteiger partial charge in [0.05, 0.1) is 17.4 Å². The Morgan fingerprint density at radius 3 is 2.84 bits per heavy atom. The summed E-state index contributed by atoms with van der Waals surface area (Å²) in [5, 5.41) is 20.3. The SMILES string of the molecule is Cc1cc(NC(CCn2cncn2)c2ccccc2)c2nncn2n1. The van der Waals surface area contributed by atoms with Crippen LogP contribution in [0.25, 0.3) is 5.65 Å². The molecule has 8 nitrogen and oxygen atoms in total. The minimum absolute atomic E-state index is 0.104. The Bertz CT molecular complexity index is 945. The molecular weight excluding hydrogens is 316 g/mol. The summed E-state index contributed by atoms with van der Waals surface area (Å²) in [6, 6.07) is 12.4. The molecule has 0 aliphatic carbocycles. The van der Waals surface area contributed by atoms with Crippen LogP contribution < -0.4 is 5.32 Å². The minimum Gasteiger partial charge on any atom is -0.375 e. The van der Waals surface area contributed by atoms with Crippen molar-refractivity contribution in [2.75, 3.05) is 5.32 Å². The van der Waals surface area contributed by atoms with Crippen molar-refractivity contribution in [3.8, 4) is 0 Å². The van der Waals surface area contributed by atoms with Crippen LogP contribution in [0, 0.1) is 6.92 Å². The fourth-order valence-electron chi connectivity index (χ4n) is 2.86. The predicted octanol–water partition coefficient (Wildman–Crippen LogP) is 2.27. The maximum atomic E-state index is 4.39. The lowest BCUT2D eigenvalue weighted by molar-refractivity contribution is 0.538. The Balaban J connectivity index is 1.64. The van der Waals surface area contributed by atoms with E-state index in [4.69, 9.17) is 0 Å². The molecule has 1 unspecified atom stereocenters. The van der Waals surface area contributed by atoms with E-state index in [0.717, 1.165) is 24.3 Å². The van der Waals surface area contributed by atoms with Crippen LogP contribution in [-0.2, 0) is 6.54 Å². The average molecular weight is 334 g/mol. The summed E-state index contributed by atoms with van der Waals surface area (Å²) in [5.41, 5.74) is 3.73. The fraction of sp³-hybridized carbons (Fsp3) is 0.235. The van der Waals surface area contributed by atoms with Gasteiger partial charge in [0.15, 0.2) is 0 Å². The smallest absolute Gasteiger partial charge is 0.200 e. The predicted molar refractivity (Wildman–Crippen MR) is 93.0 cm³/mol. The van der Waals surface area contributed by atoms with Gasteiger partial charge in [-0.05, 0) is 25.0 Å². The number of anilines is 1. The van der Waals surface area contributed by atoms with Gasteiger partial charge in [0, 0.05) is 6.54 Å². The van der Waals surface area contributed by atoms with Gasteiger partial charge in [0.2, 0.25) is 5.65 Å². The van der Waals surface area contributed by atoms with Crippen LogP contribution in [0.15, 0.2) is 55.4 Å². The van der Waals surface area contributed by atoms with Crippen LogP contribution in [0.1, 0.15) is 23.7 Å². The topological polar surface area (TPSA) is 85.8 Å². The van der Waals surface area contributed by atoms with E-state index < -0.39 is 0 Å². The van der Waals surface area contributed by atoms with Crippen molar-refractivity contribution in [3.05, 3.63) is 66.6 Å². The summed E-state index contributed by atoms with van der Waals surface area (Å²) in [6.45, 7) is 2.72. The Hall–Kier alpha value is -3.29. The second-order valence-corrected chi connectivity index (χ2v) is 5.85. The molecule has 1 N–H and O–H groups in total. The molecule has 0 saturated heterocycles. The van der Waals surface area contributed by atoms with Crippen molar-refractivity contribution in [2.45, 2.75) is 25.9 Å². The molecule has 0 radical (unpaired) electrons. The van der Waals surface area contributed by atoms with E-state index in [9.17, 15) is 0 Å². The van der Waals surface area contributed by atoms with E-state index in [2.05, 4.69) is 42.8 Å². The van der Waals surface area contributed by atoms with Crippen LogP contribution >= 0.6 is 0 Å². The quantitative estimate of drug-likeness (QED) is 0.582. The summed E-state index contributed by atoms with van der Waals surface area (Å²) in [5.74, 6) is 0. The van der Waals surface area contributed by atoms with E-state index >= 15 is 0 Å². The van der Waals surface area contributed by atoms with Crippen LogP contribution in [0.4, 0.5) is 5.69 Å². The van der Waals surface area contributed by atoms with Gasteiger partial charge in [-0.15, -0.1) is 10.2 Å². The van der Waals surface area contributed by atoms with Gasteiger partial charge in [0.1, 0.15) is 19.0 Å². The second-order valence-electron chi connectivity index (χ2n) is 5.85. The van der Waals surface area contributed by atoms with Crippen molar-refractivity contribution >= 4 is 11.3 Å². The number of aromatic nitrogens is 7. The molecular formula is C17H18N8. The monoisotopic (exact) mass is 334 g/mol. The Morgan fingerprint density at radius 2 is 2.04 bits per heavy atom. The van der Waals surface area contributed by atoms with Crippen molar-refractivity contribution in [1.29, 1.82) is 0 Å². The highest BCUT2D eigenvalue weighted by molar-refractivity contribution is 5.67. The first kappa shape index (κ1) is 15.3. The fourth-order valence-corrected chi connectivity index (χ4v) is 2.86. The first-order valence-electron chi connectivity index (χ1n) is 8.11. The Kier molecular flexibility index (Phi) is 4.07. The lowest BCUT2D eigenvalue weighted by atomic mass is 10.0. The third kappa shape index (κ3) is 3.32. The van der Waals surface area contributed by atoms with Crippen LogP contribution in [0.3, 0.4) is 0 Å². The van der Waals surface area contributed by atoms with E-state index in [-0.39, 0.29) is 6.04 Å². The van der Waals surface area contributed by atoms with Crippen molar-refractivity contribution in [3.63, 3.8) is 0 Å². The number of aryl methyl sites for hydroxylation is 2. The van der Waals surface area contributed by atoms with Crippen LogP contribution in [0.5, 0.6) is 0 Å². The molecule has 4 rings (SSSR count). The normalized spacial score (nSPS) is 12.4. The van der Waals surface area contributed by atoms with Gasteiger partial charge in [-0.25, -0.2) is 4.98 Å². The molecule has 0 saturated carbocycles. The van der Waals surface area contributed by atoms with Crippen molar-refractivity contribution in [2.24, 2.45) is 0 Å². The standard InChI is InChI=1S/C17H18N8/c1-13-9-16(17-22-19-12-25(17)23-13)21-15(14-5-3-2-4-6-14)7-8-24-11-18-10-20-24/h2-6,9-12,15,21H,7-8H2,1H3. The highest BCUT2D eigenvalue weighted by Gasteiger charge is 2.15. The van der Waals surface area contributed by atoms with Gasteiger partial charge in [-0.2, -0.15) is 14.7 Å². The maximum Gasteiger partial charge on any atom is 0.200 e. The minimum atomic E-state index is 0.104. The molecule has 0 amide bonds. The molecule has 0 aliphatic rings. The van der Waals surface area contributed by atoms with E-state index in [1.165, 1.54) is 5.56 Å². The average Bonchev–Trinajstić information content (AvgIpc) is 3.30. The molecule has 1 atom stereocenters. The molecule has 25 heavy (non-hydrogen) atoms. The Labute approximate surface area is 144 Å². The van der Waals surface area contributed by atoms with E-state index in [1.54, 1.807) is 23.5 Å². The number of nitrogens with one attached hydrogen (secondary N) is 1. The number of nitrogens with zero attached hydrogens (tertiary/aromatic N) is 7. The molecule has 1 aromatic carbocycles. The molecule has 3 aromatic heterocycles. The van der Waals surface area contributed by atoms with Crippen molar-refractivity contribution in [1.82, 2.24) is 34.6 Å². The third-order valence-electron chi connectivity index (χ3n) is 4.04. The molecule has 8 heteroatoms. The zero-order chi connectivity index (χ0) is 17.1. The molecule has 0 aliphatic heterocycles. The highest BCUT2D eigenvalue weighted by atomic mass is 15.3. The first-order valence-corrected chi connectivity index (χ1v) is 8.11. The number of fused-ring (bicyclic) bond motifs is 1. The number of hydrogen-bond acceptors (Lipinski definition) is 6. The summed E-state index contributed by atoms with van der Waals surface area (Å²) < 4.78 is 3.53. The largest absolute Gasteiger partial charge is 0.375 e. The van der Waals surface area contributed by atoms with Crippen LogP contribution in [0.2, 0.25) is 0 Å². The summed E-state index contributed by atoms with van der Waals surface area (Å²) in [7, 11) is 0. The maximum absolute atomic E-state index is 4.39. The number of hydrogen-bond donors (Lipinski definition) is 1. The highest BCUT2D eigenvalue weighted by Crippen LogP contribution is 2.25. The molecule has 3 heterocycles. The first-order chi connectivity index (χ1) is 12.3. The molecule has 0 fully saturated rings. The van der Waals surface area contributed by atoms with E-state index in [0.29, 0.717) is 5.65 Å². The third-order valence-corrected chi connectivity index (χ3v) is 4.04. The lowest BCUT2D eigenvalue weighted by Gasteiger charge is -2.21. The number of rotatable bonds is 6. The lowest BCUT2D eigenvalue weighted by Crippen LogP contribution is -2.15.